The molecule has 4 heterocycles. The number of ether oxygens (including phenoxy) is 1. The SMILES string of the molecule is Cc1ncsc1CN1C[C@@H]2[C@H](CNc3ccccn3)CO[C@@H]2C1. The zero-order valence-electron chi connectivity index (χ0n) is 13.3. The Kier molecular flexibility index (Phi) is 4.29. The fourth-order valence-corrected chi connectivity index (χ4v) is 4.42. The van der Waals surface area contributed by atoms with Crippen LogP contribution in [0.1, 0.15) is 10.6 Å². The van der Waals surface area contributed by atoms with Crippen LogP contribution < -0.4 is 5.32 Å². The van der Waals surface area contributed by atoms with Crippen LogP contribution in [0, 0.1) is 18.8 Å². The second-order valence-corrected chi connectivity index (χ2v) is 7.39. The smallest absolute Gasteiger partial charge is 0.125 e. The molecule has 6 heteroatoms. The molecule has 4 rings (SSSR count). The molecule has 0 aliphatic carbocycles. The number of hydrogen-bond acceptors (Lipinski definition) is 6. The molecule has 23 heavy (non-hydrogen) atoms. The molecule has 0 amide bonds. The fraction of sp³-hybridized carbons (Fsp3) is 0.529. The minimum atomic E-state index is 0.388. The molecule has 0 aromatic carbocycles. The van der Waals surface area contributed by atoms with Crippen molar-refractivity contribution in [3.63, 3.8) is 0 Å². The summed E-state index contributed by atoms with van der Waals surface area (Å²) in [6, 6.07) is 5.97. The van der Waals surface area contributed by atoms with Gasteiger partial charge in [-0.15, -0.1) is 11.3 Å². The van der Waals surface area contributed by atoms with Gasteiger partial charge in [0.2, 0.25) is 0 Å². The number of aromatic nitrogens is 2. The number of anilines is 1. The highest BCUT2D eigenvalue weighted by Crippen LogP contribution is 2.34. The third kappa shape index (κ3) is 3.24. The van der Waals surface area contributed by atoms with Crippen LogP contribution in [0.2, 0.25) is 0 Å². The minimum Gasteiger partial charge on any atom is -0.376 e. The van der Waals surface area contributed by atoms with E-state index < -0.39 is 0 Å². The van der Waals surface area contributed by atoms with Crippen LogP contribution >= 0.6 is 11.3 Å². The molecule has 0 radical (unpaired) electrons. The Morgan fingerprint density at radius 2 is 2.30 bits per heavy atom. The van der Waals surface area contributed by atoms with Crippen molar-refractivity contribution in [2.24, 2.45) is 11.8 Å². The maximum Gasteiger partial charge on any atom is 0.125 e. The van der Waals surface area contributed by atoms with Crippen molar-refractivity contribution in [1.29, 1.82) is 0 Å². The van der Waals surface area contributed by atoms with E-state index in [-0.39, 0.29) is 0 Å². The second-order valence-electron chi connectivity index (χ2n) is 6.45. The number of rotatable bonds is 5. The Morgan fingerprint density at radius 3 is 3.09 bits per heavy atom. The van der Waals surface area contributed by atoms with Gasteiger partial charge in [-0.3, -0.25) is 4.90 Å². The summed E-state index contributed by atoms with van der Waals surface area (Å²) >= 11 is 1.76. The Labute approximate surface area is 140 Å². The maximum atomic E-state index is 6.04. The summed E-state index contributed by atoms with van der Waals surface area (Å²) in [6.45, 7) is 7.07. The second kappa shape index (κ2) is 6.55. The van der Waals surface area contributed by atoms with E-state index in [9.17, 15) is 0 Å². The first-order valence-electron chi connectivity index (χ1n) is 8.17. The number of thiazole rings is 1. The van der Waals surface area contributed by atoms with E-state index in [1.165, 1.54) is 10.6 Å². The Bertz CT molecular complexity index is 647. The van der Waals surface area contributed by atoms with Gasteiger partial charge in [-0.1, -0.05) is 6.07 Å². The number of nitrogens with zero attached hydrogens (tertiary/aromatic N) is 3. The average Bonchev–Trinajstić information content (AvgIpc) is 3.24. The van der Waals surface area contributed by atoms with E-state index in [0.29, 0.717) is 17.9 Å². The summed E-state index contributed by atoms with van der Waals surface area (Å²) in [5.41, 5.74) is 3.11. The lowest BCUT2D eigenvalue weighted by Gasteiger charge is -2.19. The van der Waals surface area contributed by atoms with Crippen molar-refractivity contribution in [3.8, 4) is 0 Å². The number of aryl methyl sites for hydroxylation is 1. The molecular weight excluding hydrogens is 308 g/mol. The molecule has 2 aliphatic rings. The summed E-state index contributed by atoms with van der Waals surface area (Å²) < 4.78 is 6.04. The molecule has 0 unspecified atom stereocenters. The number of pyridine rings is 1. The van der Waals surface area contributed by atoms with E-state index >= 15 is 0 Å². The Morgan fingerprint density at radius 1 is 1.35 bits per heavy atom. The summed E-state index contributed by atoms with van der Waals surface area (Å²) in [4.78, 5) is 12.6. The van der Waals surface area contributed by atoms with Crippen molar-refractivity contribution >= 4 is 17.2 Å². The summed E-state index contributed by atoms with van der Waals surface area (Å²) in [6.07, 6.45) is 2.21. The quantitative estimate of drug-likeness (QED) is 0.912. The Balaban J connectivity index is 1.33. The lowest BCUT2D eigenvalue weighted by Crippen LogP contribution is -2.27. The molecule has 5 nitrogen and oxygen atoms in total. The van der Waals surface area contributed by atoms with E-state index in [4.69, 9.17) is 4.74 Å². The molecule has 122 valence electrons. The third-order valence-corrected chi connectivity index (χ3v) is 5.86. The van der Waals surface area contributed by atoms with E-state index in [0.717, 1.165) is 38.6 Å². The van der Waals surface area contributed by atoms with Gasteiger partial charge < -0.3 is 10.1 Å². The zero-order chi connectivity index (χ0) is 15.6. The molecule has 2 aliphatic heterocycles. The molecule has 2 fully saturated rings. The molecule has 3 atom stereocenters. The van der Waals surface area contributed by atoms with Gasteiger partial charge in [-0.25, -0.2) is 9.97 Å². The zero-order valence-corrected chi connectivity index (χ0v) is 14.1. The summed E-state index contributed by atoms with van der Waals surface area (Å²) in [5.74, 6) is 2.14. The lowest BCUT2D eigenvalue weighted by molar-refractivity contribution is 0.0947. The first-order valence-corrected chi connectivity index (χ1v) is 9.05. The van der Waals surface area contributed by atoms with Gasteiger partial charge in [-0.2, -0.15) is 0 Å². The van der Waals surface area contributed by atoms with Gasteiger partial charge in [0.25, 0.3) is 0 Å². The van der Waals surface area contributed by atoms with Crippen LogP contribution in [0.4, 0.5) is 5.82 Å². The first-order chi connectivity index (χ1) is 11.3. The van der Waals surface area contributed by atoms with Gasteiger partial charge in [-0.05, 0) is 19.1 Å². The maximum absolute atomic E-state index is 6.04. The van der Waals surface area contributed by atoms with Crippen LogP contribution in [-0.2, 0) is 11.3 Å². The molecule has 1 N–H and O–H groups in total. The number of nitrogens with one attached hydrogen (secondary N) is 1. The fourth-order valence-electron chi connectivity index (χ4n) is 3.60. The normalized spacial score (nSPS) is 27.3. The Hall–Kier alpha value is -1.50. The lowest BCUT2D eigenvalue weighted by atomic mass is 9.93. The van der Waals surface area contributed by atoms with Crippen molar-refractivity contribution in [2.45, 2.75) is 19.6 Å². The first kappa shape index (κ1) is 15.1. The van der Waals surface area contributed by atoms with Crippen molar-refractivity contribution < 1.29 is 4.74 Å². The monoisotopic (exact) mass is 330 g/mol. The van der Waals surface area contributed by atoms with Gasteiger partial charge in [0.05, 0.1) is 23.9 Å². The highest BCUT2D eigenvalue weighted by atomic mass is 32.1. The molecule has 0 spiro atoms. The van der Waals surface area contributed by atoms with Crippen LogP contribution in [0.3, 0.4) is 0 Å². The predicted molar refractivity (Wildman–Crippen MR) is 91.6 cm³/mol. The van der Waals surface area contributed by atoms with E-state index in [2.05, 4.69) is 27.1 Å². The molecular formula is C17H22N4OS. The van der Waals surface area contributed by atoms with Gasteiger partial charge in [0.1, 0.15) is 5.82 Å². The van der Waals surface area contributed by atoms with Crippen LogP contribution in [-0.4, -0.2) is 47.2 Å². The standard InChI is InChI=1S/C17H22N4OS/c1-12-16(23-11-20-12)9-21-7-14-13(10-22-15(14)8-21)6-19-17-4-2-3-5-18-17/h2-5,11,13-15H,6-10H2,1H3,(H,18,19)/t13-,14-,15-/m1/s1. The molecule has 2 saturated heterocycles. The van der Waals surface area contributed by atoms with Crippen LogP contribution in [0.15, 0.2) is 29.9 Å². The predicted octanol–water partition coefficient (Wildman–Crippen LogP) is 2.41. The highest BCUT2D eigenvalue weighted by Gasteiger charge is 2.43. The molecule has 2 aromatic heterocycles. The highest BCUT2D eigenvalue weighted by molar-refractivity contribution is 7.09. The van der Waals surface area contributed by atoms with Gasteiger partial charge in [0.15, 0.2) is 0 Å². The topological polar surface area (TPSA) is 50.3 Å². The van der Waals surface area contributed by atoms with Crippen LogP contribution in [0.25, 0.3) is 0 Å². The van der Waals surface area contributed by atoms with Crippen molar-refractivity contribution in [1.82, 2.24) is 14.9 Å². The summed E-state index contributed by atoms with van der Waals surface area (Å²) in [7, 11) is 0. The molecule has 0 saturated carbocycles. The molecule has 2 aromatic rings. The molecule has 0 bridgehead atoms. The van der Waals surface area contributed by atoms with Crippen molar-refractivity contribution in [2.75, 3.05) is 31.6 Å². The van der Waals surface area contributed by atoms with E-state index in [1.54, 1.807) is 11.3 Å². The number of likely N-dealkylation sites (tertiary alicyclic amines) is 1. The van der Waals surface area contributed by atoms with E-state index in [1.807, 2.05) is 29.9 Å². The third-order valence-electron chi connectivity index (χ3n) is 4.94. The largest absolute Gasteiger partial charge is 0.376 e. The van der Waals surface area contributed by atoms with Crippen LogP contribution in [0.5, 0.6) is 0 Å². The van der Waals surface area contributed by atoms with Gasteiger partial charge in [0, 0.05) is 49.1 Å². The van der Waals surface area contributed by atoms with Gasteiger partial charge >= 0.3 is 0 Å². The van der Waals surface area contributed by atoms with Crippen molar-refractivity contribution in [3.05, 3.63) is 40.5 Å². The number of hydrogen-bond donors (Lipinski definition) is 1. The average molecular weight is 330 g/mol. The minimum absolute atomic E-state index is 0.388. The summed E-state index contributed by atoms with van der Waals surface area (Å²) in [5, 5.41) is 3.45. The number of fused-ring (bicyclic) bond motifs is 1.